The molecule has 0 bridgehead atoms. The maximum absolute atomic E-state index is 12.3. The number of rotatable bonds is 5. The third-order valence-corrected chi connectivity index (χ3v) is 3.85. The monoisotopic (exact) mass is 410 g/mol. The average Bonchev–Trinajstić information content (AvgIpc) is 2.55. The van der Waals surface area contributed by atoms with Crippen molar-refractivity contribution in [1.29, 1.82) is 0 Å². The molecule has 1 aliphatic heterocycles. The van der Waals surface area contributed by atoms with Crippen molar-refractivity contribution in [2.24, 2.45) is 0 Å². The first-order valence-corrected chi connectivity index (χ1v) is 8.61. The molecular formula is C15H17Cl3N2O5. The molecule has 1 aromatic rings. The van der Waals surface area contributed by atoms with E-state index in [-0.39, 0.29) is 13.2 Å². The number of hydroxylamine groups is 2. The molecule has 138 valence electrons. The highest BCUT2D eigenvalue weighted by atomic mass is 35.6. The molecular weight excluding hydrogens is 395 g/mol. The van der Waals surface area contributed by atoms with Crippen LogP contribution in [0.2, 0.25) is 0 Å². The second-order valence-electron chi connectivity index (χ2n) is 5.43. The molecule has 0 aliphatic carbocycles. The van der Waals surface area contributed by atoms with E-state index in [1.807, 2.05) is 30.3 Å². The lowest BCUT2D eigenvalue weighted by Crippen LogP contribution is -2.54. The normalized spacial score (nSPS) is 20.8. The van der Waals surface area contributed by atoms with E-state index in [1.54, 1.807) is 0 Å². The summed E-state index contributed by atoms with van der Waals surface area (Å²) in [5, 5.41) is 12.8. The van der Waals surface area contributed by atoms with Crippen LogP contribution in [0, 0.1) is 0 Å². The van der Waals surface area contributed by atoms with Gasteiger partial charge in [0.2, 0.25) is 0 Å². The average molecular weight is 412 g/mol. The minimum atomic E-state index is -2.23. The van der Waals surface area contributed by atoms with Crippen LogP contribution in [-0.2, 0) is 21.0 Å². The summed E-state index contributed by atoms with van der Waals surface area (Å²) < 4.78 is 2.50. The maximum atomic E-state index is 12.3. The van der Waals surface area contributed by atoms with Gasteiger partial charge >= 0.3 is 16.0 Å². The van der Waals surface area contributed by atoms with E-state index in [2.05, 4.69) is 5.32 Å². The molecule has 0 saturated carbocycles. The fraction of sp³-hybridized carbons (Fsp3) is 0.467. The number of carboxylic acid groups (broad SMARTS) is 1. The van der Waals surface area contributed by atoms with E-state index in [4.69, 9.17) is 49.5 Å². The number of carbonyl (C=O) groups is 2. The van der Waals surface area contributed by atoms with Gasteiger partial charge in [0.25, 0.3) is 0 Å². The van der Waals surface area contributed by atoms with E-state index in [0.717, 1.165) is 10.6 Å². The van der Waals surface area contributed by atoms with Gasteiger partial charge in [-0.2, -0.15) is 5.06 Å². The number of carboxylic acids is 1. The fourth-order valence-corrected chi connectivity index (χ4v) is 2.62. The van der Waals surface area contributed by atoms with Gasteiger partial charge in [-0.25, -0.2) is 4.79 Å². The number of benzene rings is 1. The first-order chi connectivity index (χ1) is 11.8. The zero-order valence-corrected chi connectivity index (χ0v) is 15.3. The van der Waals surface area contributed by atoms with Crippen LogP contribution in [0.1, 0.15) is 18.4 Å². The highest BCUT2D eigenvalue weighted by molar-refractivity contribution is 6.66. The largest absolute Gasteiger partial charge is 0.480 e. The van der Waals surface area contributed by atoms with E-state index >= 15 is 0 Å². The smallest absolute Gasteiger partial charge is 0.437 e. The van der Waals surface area contributed by atoms with Crippen LogP contribution < -0.4 is 5.32 Å². The molecule has 2 rings (SSSR count). The number of hydrogen-bond acceptors (Lipinski definition) is 5. The lowest BCUT2D eigenvalue weighted by Gasteiger charge is -2.35. The van der Waals surface area contributed by atoms with Crippen LogP contribution in [0.25, 0.3) is 0 Å². The van der Waals surface area contributed by atoms with Crippen molar-refractivity contribution in [3.63, 3.8) is 0 Å². The Balaban J connectivity index is 2.04. The number of carbonyl (C=O) groups excluding carboxylic acids is 1. The Morgan fingerprint density at radius 3 is 2.44 bits per heavy atom. The van der Waals surface area contributed by atoms with Crippen LogP contribution >= 0.6 is 34.8 Å². The molecule has 1 amide bonds. The van der Waals surface area contributed by atoms with E-state index in [1.165, 1.54) is 0 Å². The zero-order chi connectivity index (χ0) is 18.4. The molecule has 1 aliphatic rings. The molecule has 2 N–H and O–H groups in total. The summed E-state index contributed by atoms with van der Waals surface area (Å²) in [5.41, 5.74) is 0.835. The Bertz CT molecular complexity index is 589. The van der Waals surface area contributed by atoms with E-state index in [9.17, 15) is 9.59 Å². The molecule has 0 aromatic heterocycles. The quantitative estimate of drug-likeness (QED) is 0.572. The van der Waals surface area contributed by atoms with Crippen LogP contribution in [0.4, 0.5) is 4.79 Å². The summed E-state index contributed by atoms with van der Waals surface area (Å²) in [6, 6.07) is 8.06. The summed E-state index contributed by atoms with van der Waals surface area (Å²) in [7, 11) is 0. The van der Waals surface area contributed by atoms with Gasteiger partial charge in [-0.1, -0.05) is 30.3 Å². The summed E-state index contributed by atoms with van der Waals surface area (Å²) in [6.45, 7) is 0.315. The molecule has 10 heteroatoms. The van der Waals surface area contributed by atoms with Crippen molar-refractivity contribution < 1.29 is 24.3 Å². The lowest BCUT2D eigenvalue weighted by atomic mass is 10.0. The van der Waals surface area contributed by atoms with Crippen LogP contribution in [0.3, 0.4) is 0 Å². The molecule has 0 unspecified atom stereocenters. The minimum absolute atomic E-state index is 0.106. The first kappa shape index (κ1) is 20.1. The van der Waals surface area contributed by atoms with Gasteiger partial charge in [0.15, 0.2) is 0 Å². The fourth-order valence-electron chi connectivity index (χ4n) is 2.42. The number of ether oxygens (including phenoxy) is 1. The number of alkyl halides is 3. The molecule has 1 aromatic carbocycles. The Morgan fingerprint density at radius 2 is 1.92 bits per heavy atom. The van der Waals surface area contributed by atoms with Crippen molar-refractivity contribution in [3.8, 4) is 0 Å². The number of nitrogens with zero attached hydrogens (tertiary/aromatic N) is 1. The van der Waals surface area contributed by atoms with Crippen molar-refractivity contribution in [2.45, 2.75) is 35.5 Å². The Kier molecular flexibility index (Phi) is 7.15. The number of aliphatic carboxylic acids is 1. The van der Waals surface area contributed by atoms with Crippen LogP contribution in [0.15, 0.2) is 30.3 Å². The molecule has 0 radical (unpaired) electrons. The van der Waals surface area contributed by atoms with Crippen LogP contribution in [0.5, 0.6) is 0 Å². The molecule has 1 fully saturated rings. The number of nitrogens with one attached hydrogen (secondary N) is 1. The molecule has 1 heterocycles. The summed E-state index contributed by atoms with van der Waals surface area (Å²) in [6.07, 6.45) is -0.239. The van der Waals surface area contributed by atoms with E-state index < -0.39 is 28.1 Å². The van der Waals surface area contributed by atoms with Gasteiger partial charge in [-0.05, 0) is 53.2 Å². The SMILES string of the molecule is O=C(O)[C@@H]1CC[C@@H](N(OCc2ccccc2)C(=O)OC(Cl)(Cl)Cl)CN1. The molecule has 2 atom stereocenters. The third kappa shape index (κ3) is 6.52. The van der Waals surface area contributed by atoms with Crippen molar-refractivity contribution in [3.05, 3.63) is 35.9 Å². The Morgan fingerprint density at radius 1 is 1.24 bits per heavy atom. The van der Waals surface area contributed by atoms with Crippen molar-refractivity contribution in [2.75, 3.05) is 6.54 Å². The molecule has 25 heavy (non-hydrogen) atoms. The highest BCUT2D eigenvalue weighted by Gasteiger charge is 2.36. The van der Waals surface area contributed by atoms with Gasteiger partial charge in [-0.15, -0.1) is 0 Å². The number of halogens is 3. The summed E-state index contributed by atoms with van der Waals surface area (Å²) in [5.74, 6) is -0.945. The molecule has 0 spiro atoms. The number of piperidine rings is 1. The van der Waals surface area contributed by atoms with Gasteiger partial charge < -0.3 is 15.2 Å². The lowest BCUT2D eigenvalue weighted by molar-refractivity contribution is -0.176. The standard InChI is InChI=1S/C15H17Cl3N2O5/c16-15(17,18)25-14(23)20(24-9-10-4-2-1-3-5-10)11-6-7-12(13(21)22)19-8-11/h1-5,11-12,19H,6-9H2,(H,21,22)/t11-,12+/m1/s1. The van der Waals surface area contributed by atoms with Gasteiger partial charge in [0.05, 0.1) is 6.04 Å². The summed E-state index contributed by atoms with van der Waals surface area (Å²) >= 11 is 16.5. The highest BCUT2D eigenvalue weighted by Crippen LogP contribution is 2.29. The Hall–Kier alpha value is -1.25. The minimum Gasteiger partial charge on any atom is -0.480 e. The van der Waals surface area contributed by atoms with E-state index in [0.29, 0.717) is 12.8 Å². The number of amides is 1. The zero-order valence-electron chi connectivity index (χ0n) is 13.0. The summed E-state index contributed by atoms with van der Waals surface area (Å²) in [4.78, 5) is 28.9. The van der Waals surface area contributed by atoms with Gasteiger partial charge in [0, 0.05) is 6.54 Å². The maximum Gasteiger partial charge on any atom is 0.437 e. The predicted octanol–water partition coefficient (Wildman–Crippen LogP) is 3.09. The molecule has 1 saturated heterocycles. The molecule has 7 nitrogen and oxygen atoms in total. The predicted molar refractivity (Wildman–Crippen MR) is 92.3 cm³/mol. The van der Waals surface area contributed by atoms with Crippen molar-refractivity contribution in [1.82, 2.24) is 10.4 Å². The number of hydrogen-bond donors (Lipinski definition) is 2. The van der Waals surface area contributed by atoms with Crippen molar-refractivity contribution >= 4 is 46.9 Å². The second-order valence-corrected chi connectivity index (χ2v) is 7.61. The second kappa shape index (κ2) is 8.91. The van der Waals surface area contributed by atoms with Gasteiger partial charge in [-0.3, -0.25) is 9.63 Å². The topological polar surface area (TPSA) is 88.1 Å². The first-order valence-electron chi connectivity index (χ1n) is 7.48. The third-order valence-electron chi connectivity index (χ3n) is 3.61. The van der Waals surface area contributed by atoms with Gasteiger partial charge in [0.1, 0.15) is 12.6 Å². The Labute approximate surface area is 159 Å². The van der Waals surface area contributed by atoms with Crippen LogP contribution in [-0.4, -0.2) is 44.8 Å².